The number of ether oxygens (including phenoxy) is 3. The van der Waals surface area contributed by atoms with Crippen LogP contribution in [-0.4, -0.2) is 37.2 Å². The van der Waals surface area contributed by atoms with Crippen molar-refractivity contribution in [1.29, 1.82) is 0 Å². The molecule has 0 saturated carbocycles. The Labute approximate surface area is 435 Å². The Morgan fingerprint density at radius 3 is 0.857 bits per heavy atom. The molecule has 0 aromatic heterocycles. The van der Waals surface area contributed by atoms with Crippen LogP contribution in [0.4, 0.5) is 0 Å². The van der Waals surface area contributed by atoms with Gasteiger partial charge < -0.3 is 14.2 Å². The van der Waals surface area contributed by atoms with Gasteiger partial charge in [0.2, 0.25) is 0 Å². The zero-order valence-corrected chi connectivity index (χ0v) is 47.1. The van der Waals surface area contributed by atoms with Crippen molar-refractivity contribution in [3.05, 3.63) is 36.5 Å². The van der Waals surface area contributed by atoms with Gasteiger partial charge in [-0.05, 0) is 70.6 Å². The summed E-state index contributed by atoms with van der Waals surface area (Å²) < 4.78 is 16.8. The van der Waals surface area contributed by atoms with Crippen LogP contribution in [-0.2, 0) is 28.6 Å². The van der Waals surface area contributed by atoms with E-state index >= 15 is 0 Å². The molecule has 0 aliphatic heterocycles. The first-order valence-electron chi connectivity index (χ1n) is 31.0. The maximum absolute atomic E-state index is 12.8. The molecule has 6 nitrogen and oxygen atoms in total. The Hall–Kier alpha value is -2.37. The number of hydrogen-bond acceptors (Lipinski definition) is 6. The van der Waals surface area contributed by atoms with E-state index < -0.39 is 6.10 Å². The third-order valence-electron chi connectivity index (χ3n) is 13.8. The highest BCUT2D eigenvalue weighted by atomic mass is 16.6. The molecule has 0 aliphatic rings. The van der Waals surface area contributed by atoms with Crippen LogP contribution in [0.15, 0.2) is 36.5 Å². The zero-order chi connectivity index (χ0) is 50.7. The van der Waals surface area contributed by atoms with Crippen LogP contribution in [0.5, 0.6) is 0 Å². The van der Waals surface area contributed by atoms with Crippen molar-refractivity contribution < 1.29 is 28.6 Å². The van der Waals surface area contributed by atoms with Crippen LogP contribution < -0.4 is 0 Å². The summed E-state index contributed by atoms with van der Waals surface area (Å²) in [6.07, 6.45) is 71.8. The lowest BCUT2D eigenvalue weighted by atomic mass is 10.0. The lowest BCUT2D eigenvalue weighted by molar-refractivity contribution is -0.167. The van der Waals surface area contributed by atoms with E-state index in [0.717, 1.165) is 77.0 Å². The molecule has 1 unspecified atom stereocenters. The van der Waals surface area contributed by atoms with Crippen molar-refractivity contribution in [2.24, 2.45) is 0 Å². The van der Waals surface area contributed by atoms with Crippen LogP contribution in [0.2, 0.25) is 0 Å². The number of rotatable bonds is 57. The van der Waals surface area contributed by atoms with E-state index in [1.807, 2.05) is 0 Å². The number of hydrogen-bond donors (Lipinski definition) is 0. The first-order chi connectivity index (χ1) is 34.5. The fourth-order valence-corrected chi connectivity index (χ4v) is 9.18. The highest BCUT2D eigenvalue weighted by Crippen LogP contribution is 2.17. The molecule has 0 rings (SSSR count). The second kappa shape index (κ2) is 59.2. The molecule has 0 aromatic carbocycles. The smallest absolute Gasteiger partial charge is 0.306 e. The second-order valence-corrected chi connectivity index (χ2v) is 21.0. The third-order valence-corrected chi connectivity index (χ3v) is 13.8. The normalized spacial score (nSPS) is 12.2. The van der Waals surface area contributed by atoms with Gasteiger partial charge in [0.1, 0.15) is 13.2 Å². The average molecular weight is 984 g/mol. The largest absolute Gasteiger partial charge is 0.462 e. The van der Waals surface area contributed by atoms with E-state index in [9.17, 15) is 14.4 Å². The molecular formula is C64H118O6. The SMILES string of the molecule is CCC/C=C\CCCCCCCC(=O)OCC(COC(=O)CCCCCCCCCCCCCCCCCCCCC/C=C\C/C=C\CCCCCCC)OC(=O)CCCCCCCCCCCCC. The summed E-state index contributed by atoms with van der Waals surface area (Å²) in [6, 6.07) is 0. The van der Waals surface area contributed by atoms with Crippen LogP contribution in [0, 0.1) is 0 Å². The highest BCUT2D eigenvalue weighted by molar-refractivity contribution is 5.71. The highest BCUT2D eigenvalue weighted by Gasteiger charge is 2.19. The molecule has 0 bridgehead atoms. The molecule has 0 aliphatic carbocycles. The molecule has 0 radical (unpaired) electrons. The minimum Gasteiger partial charge on any atom is -0.462 e. The van der Waals surface area contributed by atoms with Gasteiger partial charge in [0.15, 0.2) is 6.10 Å². The minimum atomic E-state index is -0.769. The Morgan fingerprint density at radius 2 is 0.543 bits per heavy atom. The first-order valence-corrected chi connectivity index (χ1v) is 31.0. The molecule has 0 spiro atoms. The quantitative estimate of drug-likeness (QED) is 0.0261. The Morgan fingerprint density at radius 1 is 0.286 bits per heavy atom. The van der Waals surface area contributed by atoms with Crippen LogP contribution >= 0.6 is 0 Å². The molecule has 0 fully saturated rings. The number of carbonyl (C=O) groups excluding carboxylic acids is 3. The van der Waals surface area contributed by atoms with Gasteiger partial charge in [0.25, 0.3) is 0 Å². The first kappa shape index (κ1) is 67.6. The monoisotopic (exact) mass is 983 g/mol. The molecule has 70 heavy (non-hydrogen) atoms. The van der Waals surface area contributed by atoms with Gasteiger partial charge in [-0.15, -0.1) is 0 Å². The molecule has 0 amide bonds. The summed E-state index contributed by atoms with van der Waals surface area (Å²) in [5, 5.41) is 0. The third kappa shape index (κ3) is 56.5. The summed E-state index contributed by atoms with van der Waals surface area (Å²) in [5.74, 6) is -0.865. The van der Waals surface area contributed by atoms with E-state index in [0.29, 0.717) is 19.3 Å². The summed E-state index contributed by atoms with van der Waals surface area (Å²) in [7, 11) is 0. The van der Waals surface area contributed by atoms with Gasteiger partial charge in [-0.3, -0.25) is 14.4 Å². The van der Waals surface area contributed by atoms with E-state index in [-0.39, 0.29) is 31.1 Å². The lowest BCUT2D eigenvalue weighted by Gasteiger charge is -2.18. The fraction of sp³-hybridized carbons (Fsp3) is 0.859. The predicted molar refractivity (Wildman–Crippen MR) is 302 cm³/mol. The predicted octanol–water partition coefficient (Wildman–Crippen LogP) is 20.8. The van der Waals surface area contributed by atoms with E-state index in [2.05, 4.69) is 57.2 Å². The summed E-state index contributed by atoms with van der Waals surface area (Å²) >= 11 is 0. The van der Waals surface area contributed by atoms with Crippen LogP contribution in [0.3, 0.4) is 0 Å². The van der Waals surface area contributed by atoms with Gasteiger partial charge in [0, 0.05) is 19.3 Å². The molecule has 1 atom stereocenters. The summed E-state index contributed by atoms with van der Waals surface area (Å²) in [6.45, 7) is 6.59. The molecular weight excluding hydrogens is 865 g/mol. The number of carbonyl (C=O) groups is 3. The summed E-state index contributed by atoms with van der Waals surface area (Å²) in [5.41, 5.74) is 0. The van der Waals surface area contributed by atoms with Gasteiger partial charge in [-0.25, -0.2) is 0 Å². The van der Waals surface area contributed by atoms with Crippen molar-refractivity contribution >= 4 is 17.9 Å². The number of allylic oxidation sites excluding steroid dienone is 6. The van der Waals surface area contributed by atoms with E-state index in [4.69, 9.17) is 14.2 Å². The summed E-state index contributed by atoms with van der Waals surface area (Å²) in [4.78, 5) is 38.0. The van der Waals surface area contributed by atoms with Crippen LogP contribution in [0.1, 0.15) is 335 Å². The Bertz CT molecular complexity index is 1170. The van der Waals surface area contributed by atoms with Crippen LogP contribution in [0.25, 0.3) is 0 Å². The molecule has 0 aromatic rings. The number of unbranched alkanes of at least 4 members (excludes halogenated alkanes) is 40. The van der Waals surface area contributed by atoms with Crippen molar-refractivity contribution in [1.82, 2.24) is 0 Å². The molecule has 0 heterocycles. The van der Waals surface area contributed by atoms with Crippen molar-refractivity contribution in [3.8, 4) is 0 Å². The van der Waals surface area contributed by atoms with E-state index in [1.165, 1.54) is 218 Å². The molecule has 410 valence electrons. The Balaban J connectivity index is 4.00. The van der Waals surface area contributed by atoms with Crippen molar-refractivity contribution in [2.75, 3.05) is 13.2 Å². The maximum Gasteiger partial charge on any atom is 0.306 e. The van der Waals surface area contributed by atoms with Gasteiger partial charge in [-0.2, -0.15) is 0 Å². The minimum absolute atomic E-state index is 0.0698. The molecule has 0 saturated heterocycles. The lowest BCUT2D eigenvalue weighted by Crippen LogP contribution is -2.30. The van der Waals surface area contributed by atoms with Gasteiger partial charge in [0.05, 0.1) is 0 Å². The molecule has 6 heteroatoms. The van der Waals surface area contributed by atoms with Gasteiger partial charge in [-0.1, -0.05) is 282 Å². The van der Waals surface area contributed by atoms with Crippen molar-refractivity contribution in [3.63, 3.8) is 0 Å². The standard InChI is InChI=1S/C64H118O6/c1-4-7-10-13-16-19-22-23-24-25-26-27-28-29-30-31-32-33-34-35-36-37-38-39-40-41-43-45-48-51-54-57-63(66)69-60-61(59-68-62(65)56-53-50-47-44-21-18-15-12-9-6-3)70-64(67)58-55-52-49-46-42-20-17-14-11-8-5-2/h12,15,22-23,25-26,61H,4-11,13-14,16-21,24,27-60H2,1-3H3/b15-12-,23-22-,26-25-. The molecule has 0 N–H and O–H groups in total. The Kier molecular flexibility index (Phi) is 57.2. The second-order valence-electron chi connectivity index (χ2n) is 21.0. The van der Waals surface area contributed by atoms with E-state index in [1.54, 1.807) is 0 Å². The van der Waals surface area contributed by atoms with Crippen molar-refractivity contribution in [2.45, 2.75) is 341 Å². The fourth-order valence-electron chi connectivity index (χ4n) is 9.18. The zero-order valence-electron chi connectivity index (χ0n) is 47.1. The average Bonchev–Trinajstić information content (AvgIpc) is 3.36. The van der Waals surface area contributed by atoms with Gasteiger partial charge >= 0.3 is 17.9 Å². The number of esters is 3. The topological polar surface area (TPSA) is 78.9 Å². The maximum atomic E-state index is 12.8.